The number of hydrogen-bond acceptors (Lipinski definition) is 1. The molecule has 0 atom stereocenters. The molecule has 0 saturated heterocycles. The van der Waals surface area contributed by atoms with E-state index in [0.29, 0.717) is 0 Å². The topological polar surface area (TPSA) is 28.7 Å². The van der Waals surface area contributed by atoms with Gasteiger partial charge in [0.1, 0.15) is 0 Å². The highest BCUT2D eigenvalue weighted by atomic mass is 35.5. The summed E-state index contributed by atoms with van der Waals surface area (Å²) in [6.07, 6.45) is 0. The third-order valence-electron chi connectivity index (χ3n) is 1.75. The second kappa shape index (κ2) is 3.23. The largest absolute Gasteiger partial charge is 0.277 e. The minimum atomic E-state index is 0.721. The molecule has 0 aliphatic heterocycles. The third-order valence-corrected chi connectivity index (χ3v) is 1.99. The van der Waals surface area contributed by atoms with Crippen molar-refractivity contribution < 1.29 is 0 Å². The van der Waals surface area contributed by atoms with Crippen LogP contribution in [0, 0.1) is 13.0 Å². The first-order chi connectivity index (χ1) is 6.25. The Balaban J connectivity index is 2.46. The number of H-pyrrole nitrogens is 1. The Kier molecular flexibility index (Phi) is 2.07. The van der Waals surface area contributed by atoms with Crippen molar-refractivity contribution in [2.45, 2.75) is 6.92 Å². The first-order valence-corrected chi connectivity index (χ1v) is 4.34. The van der Waals surface area contributed by atoms with Crippen molar-refractivity contribution in [1.82, 2.24) is 10.2 Å². The normalized spacial score (nSPS) is 10.3. The molecule has 1 aromatic heterocycles. The summed E-state index contributed by atoms with van der Waals surface area (Å²) in [4.78, 5) is 0. The molecule has 1 aromatic carbocycles. The number of nitrogens with one attached hydrogen (secondary N) is 1. The fourth-order valence-corrected chi connectivity index (χ4v) is 1.35. The summed E-state index contributed by atoms with van der Waals surface area (Å²) in [7, 11) is 0. The van der Waals surface area contributed by atoms with Crippen LogP contribution < -0.4 is 0 Å². The van der Waals surface area contributed by atoms with Gasteiger partial charge in [0.15, 0.2) is 0 Å². The molecule has 2 nitrogen and oxygen atoms in total. The van der Waals surface area contributed by atoms with Gasteiger partial charge >= 0.3 is 0 Å². The zero-order valence-corrected chi connectivity index (χ0v) is 7.89. The molecule has 0 aliphatic rings. The number of aryl methyl sites for hydroxylation is 1. The van der Waals surface area contributed by atoms with Gasteiger partial charge in [-0.25, -0.2) is 0 Å². The van der Waals surface area contributed by atoms with Crippen molar-refractivity contribution >= 4 is 11.6 Å². The zero-order chi connectivity index (χ0) is 9.26. The van der Waals surface area contributed by atoms with Crippen LogP contribution in [0.4, 0.5) is 0 Å². The summed E-state index contributed by atoms with van der Waals surface area (Å²) in [5.41, 5.74) is 2.74. The van der Waals surface area contributed by atoms with Crippen molar-refractivity contribution in [2.24, 2.45) is 0 Å². The Morgan fingerprint density at radius 1 is 1.46 bits per heavy atom. The maximum absolute atomic E-state index is 5.85. The van der Waals surface area contributed by atoms with Gasteiger partial charge in [-0.1, -0.05) is 23.7 Å². The van der Waals surface area contributed by atoms with Gasteiger partial charge in [-0.05, 0) is 19.1 Å². The van der Waals surface area contributed by atoms with Crippen molar-refractivity contribution in [3.05, 3.63) is 41.0 Å². The van der Waals surface area contributed by atoms with Crippen molar-refractivity contribution in [1.29, 1.82) is 0 Å². The van der Waals surface area contributed by atoms with E-state index in [1.54, 1.807) is 0 Å². The summed E-state index contributed by atoms with van der Waals surface area (Å²) < 4.78 is 0. The average molecular weight is 192 g/mol. The van der Waals surface area contributed by atoms with E-state index in [-0.39, 0.29) is 0 Å². The summed E-state index contributed by atoms with van der Waals surface area (Å²) >= 11 is 5.85. The molecule has 2 rings (SSSR count). The molecule has 0 amide bonds. The van der Waals surface area contributed by atoms with Crippen LogP contribution in [-0.2, 0) is 0 Å². The molecular formula is C10H8ClN2. The van der Waals surface area contributed by atoms with Crippen LogP contribution in [0.3, 0.4) is 0 Å². The van der Waals surface area contributed by atoms with Crippen molar-refractivity contribution in [3.8, 4) is 11.3 Å². The van der Waals surface area contributed by atoms with Gasteiger partial charge in [0.05, 0.1) is 11.4 Å². The van der Waals surface area contributed by atoms with E-state index in [1.807, 2.05) is 31.2 Å². The molecule has 0 fully saturated rings. The SMILES string of the molecule is Cc1[c]c(-c2cccc(Cl)c2)[nH]n1. The molecule has 0 spiro atoms. The Labute approximate surface area is 81.6 Å². The molecular weight excluding hydrogens is 184 g/mol. The monoisotopic (exact) mass is 191 g/mol. The first kappa shape index (κ1) is 8.32. The number of aromatic amines is 1. The lowest BCUT2D eigenvalue weighted by molar-refractivity contribution is 1.05. The number of benzene rings is 1. The first-order valence-electron chi connectivity index (χ1n) is 3.96. The van der Waals surface area contributed by atoms with Gasteiger partial charge in [-0.15, -0.1) is 0 Å². The lowest BCUT2D eigenvalue weighted by atomic mass is 10.1. The van der Waals surface area contributed by atoms with E-state index < -0.39 is 0 Å². The van der Waals surface area contributed by atoms with Gasteiger partial charge in [-0.2, -0.15) is 5.10 Å². The molecule has 2 aromatic rings. The lowest BCUT2D eigenvalue weighted by Gasteiger charge is -1.95. The van der Waals surface area contributed by atoms with E-state index in [4.69, 9.17) is 11.6 Å². The molecule has 0 bridgehead atoms. The number of halogens is 1. The molecule has 0 saturated carbocycles. The molecule has 1 radical (unpaired) electrons. The minimum Gasteiger partial charge on any atom is -0.277 e. The highest BCUT2D eigenvalue weighted by Gasteiger charge is 2.01. The second-order valence-corrected chi connectivity index (χ2v) is 3.26. The van der Waals surface area contributed by atoms with Crippen LogP contribution in [0.25, 0.3) is 11.3 Å². The molecule has 3 heteroatoms. The van der Waals surface area contributed by atoms with Crippen LogP contribution in [0.5, 0.6) is 0 Å². The van der Waals surface area contributed by atoms with Crippen molar-refractivity contribution in [2.75, 3.05) is 0 Å². The summed E-state index contributed by atoms with van der Waals surface area (Å²) in [5.74, 6) is 0. The fourth-order valence-electron chi connectivity index (χ4n) is 1.16. The highest BCUT2D eigenvalue weighted by molar-refractivity contribution is 6.30. The Morgan fingerprint density at radius 2 is 2.31 bits per heavy atom. The Bertz CT molecular complexity index is 420. The van der Waals surface area contributed by atoms with E-state index in [2.05, 4.69) is 16.3 Å². The van der Waals surface area contributed by atoms with E-state index >= 15 is 0 Å². The molecule has 0 unspecified atom stereocenters. The summed E-state index contributed by atoms with van der Waals surface area (Å²) in [5, 5.41) is 7.60. The maximum Gasteiger partial charge on any atom is 0.0733 e. The van der Waals surface area contributed by atoms with Gasteiger partial charge in [-0.3, -0.25) is 5.10 Å². The quantitative estimate of drug-likeness (QED) is 0.738. The van der Waals surface area contributed by atoms with Crippen LogP contribution in [0.1, 0.15) is 5.69 Å². The predicted octanol–water partition coefficient (Wildman–Crippen LogP) is 2.84. The number of nitrogens with zero attached hydrogens (tertiary/aromatic N) is 1. The highest BCUT2D eigenvalue weighted by Crippen LogP contribution is 2.20. The van der Waals surface area contributed by atoms with E-state index in [9.17, 15) is 0 Å². The third kappa shape index (κ3) is 1.73. The maximum atomic E-state index is 5.85. The molecule has 65 valence electrons. The predicted molar refractivity (Wildman–Crippen MR) is 52.6 cm³/mol. The smallest absolute Gasteiger partial charge is 0.0733 e. The fraction of sp³-hybridized carbons (Fsp3) is 0.100. The van der Waals surface area contributed by atoms with E-state index in [1.165, 1.54) is 0 Å². The molecule has 0 aliphatic carbocycles. The Morgan fingerprint density at radius 3 is 2.92 bits per heavy atom. The van der Waals surface area contributed by atoms with Crippen molar-refractivity contribution in [3.63, 3.8) is 0 Å². The van der Waals surface area contributed by atoms with Crippen LogP contribution in [0.2, 0.25) is 5.02 Å². The molecule has 1 N–H and O–H groups in total. The zero-order valence-electron chi connectivity index (χ0n) is 7.13. The molecule has 13 heavy (non-hydrogen) atoms. The van der Waals surface area contributed by atoms with Gasteiger partial charge in [0.25, 0.3) is 0 Å². The Hall–Kier alpha value is -1.28. The second-order valence-electron chi connectivity index (χ2n) is 2.82. The lowest BCUT2D eigenvalue weighted by Crippen LogP contribution is -1.77. The number of rotatable bonds is 1. The average Bonchev–Trinajstić information content (AvgIpc) is 2.52. The molecule has 1 heterocycles. The van der Waals surface area contributed by atoms with Crippen LogP contribution in [-0.4, -0.2) is 10.2 Å². The van der Waals surface area contributed by atoms with Gasteiger partial charge in [0, 0.05) is 16.7 Å². The number of hydrogen-bond donors (Lipinski definition) is 1. The standard InChI is InChI=1S/C10H8ClN2/c1-7-5-10(13-12-7)8-3-2-4-9(11)6-8/h2-4,6H,1H3,(H,12,13). The summed E-state index contributed by atoms with van der Waals surface area (Å²) in [6, 6.07) is 10.7. The van der Waals surface area contributed by atoms with Crippen LogP contribution in [0.15, 0.2) is 24.3 Å². The van der Waals surface area contributed by atoms with Gasteiger partial charge in [0.2, 0.25) is 0 Å². The van der Waals surface area contributed by atoms with E-state index in [0.717, 1.165) is 22.0 Å². The summed E-state index contributed by atoms with van der Waals surface area (Å²) in [6.45, 7) is 1.89. The number of aromatic nitrogens is 2. The van der Waals surface area contributed by atoms with Crippen LogP contribution >= 0.6 is 11.6 Å². The minimum absolute atomic E-state index is 0.721. The van der Waals surface area contributed by atoms with Gasteiger partial charge < -0.3 is 0 Å².